The van der Waals surface area contributed by atoms with E-state index in [-0.39, 0.29) is 5.91 Å². The second kappa shape index (κ2) is 9.13. The Balaban J connectivity index is 1.62. The molecule has 0 radical (unpaired) electrons. The maximum atomic E-state index is 13.5. The average Bonchev–Trinajstić information content (AvgIpc) is 3.14. The van der Waals surface area contributed by atoms with Crippen LogP contribution < -0.4 is 5.32 Å². The summed E-state index contributed by atoms with van der Waals surface area (Å²) in [5.74, 6) is 0.612. The number of nitrogens with zero attached hydrogens (tertiary/aromatic N) is 1. The first kappa shape index (κ1) is 21.3. The van der Waals surface area contributed by atoms with Gasteiger partial charge in [0.1, 0.15) is 5.66 Å². The lowest BCUT2D eigenvalue weighted by atomic mass is 9.86. The predicted octanol–water partition coefficient (Wildman–Crippen LogP) is 6.00. The maximum absolute atomic E-state index is 13.5. The van der Waals surface area contributed by atoms with Crippen LogP contribution in [0.5, 0.6) is 0 Å². The van der Waals surface area contributed by atoms with Gasteiger partial charge in [0, 0.05) is 29.1 Å². The summed E-state index contributed by atoms with van der Waals surface area (Å²) in [4.78, 5) is 17.0. The quantitative estimate of drug-likeness (QED) is 0.475. The Morgan fingerprint density at radius 3 is 2.34 bits per heavy atom. The molecule has 1 N–H and O–H groups in total. The van der Waals surface area contributed by atoms with E-state index in [1.807, 2.05) is 42.5 Å². The maximum Gasteiger partial charge on any atom is 0.253 e. The molecule has 4 heteroatoms. The predicted molar refractivity (Wildman–Crippen MR) is 132 cm³/mol. The number of hydrogen-bond acceptors (Lipinski definition) is 3. The molecular weight excluding hydrogens is 412 g/mol. The molecule has 1 aliphatic heterocycles. The molecule has 3 nitrogen and oxygen atoms in total. The van der Waals surface area contributed by atoms with Crippen LogP contribution in [0.3, 0.4) is 0 Å². The fourth-order valence-corrected chi connectivity index (χ4v) is 5.62. The van der Waals surface area contributed by atoms with Crippen LogP contribution in [0.4, 0.5) is 0 Å². The second-order valence-electron chi connectivity index (χ2n) is 9.12. The van der Waals surface area contributed by atoms with Crippen molar-refractivity contribution in [2.24, 2.45) is 5.92 Å². The molecule has 1 amide bonds. The van der Waals surface area contributed by atoms with Gasteiger partial charge in [-0.1, -0.05) is 73.9 Å². The van der Waals surface area contributed by atoms with Gasteiger partial charge in [-0.3, -0.25) is 9.69 Å². The molecule has 3 aromatic carbocycles. The van der Waals surface area contributed by atoms with E-state index >= 15 is 0 Å². The van der Waals surface area contributed by atoms with Crippen LogP contribution in [0.1, 0.15) is 59.2 Å². The Morgan fingerprint density at radius 2 is 1.59 bits per heavy atom. The van der Waals surface area contributed by atoms with Gasteiger partial charge in [-0.25, -0.2) is 0 Å². The number of fused-ring (bicyclic) bond motifs is 1. The lowest BCUT2D eigenvalue weighted by Crippen LogP contribution is -2.56. The van der Waals surface area contributed by atoms with Gasteiger partial charge in [-0.2, -0.15) is 0 Å². The van der Waals surface area contributed by atoms with Gasteiger partial charge < -0.3 is 5.32 Å². The number of nitrogens with one attached hydrogen (secondary N) is 1. The zero-order valence-electron chi connectivity index (χ0n) is 18.3. The van der Waals surface area contributed by atoms with E-state index in [4.69, 9.17) is 0 Å². The Labute approximate surface area is 196 Å². The Bertz CT molecular complexity index is 1080. The van der Waals surface area contributed by atoms with E-state index in [9.17, 15) is 4.79 Å². The third-order valence-electron chi connectivity index (χ3n) is 7.06. The highest BCUT2D eigenvalue weighted by Crippen LogP contribution is 2.44. The van der Waals surface area contributed by atoms with Crippen LogP contribution >= 0.6 is 12.6 Å². The molecule has 32 heavy (non-hydrogen) atoms. The number of amides is 1. The summed E-state index contributed by atoms with van der Waals surface area (Å²) < 4.78 is 0. The molecule has 5 rings (SSSR count). The van der Waals surface area contributed by atoms with E-state index in [1.165, 1.54) is 43.2 Å². The minimum atomic E-state index is -0.692. The van der Waals surface area contributed by atoms with E-state index in [1.54, 1.807) is 0 Å². The third kappa shape index (κ3) is 3.98. The van der Waals surface area contributed by atoms with E-state index in [0.29, 0.717) is 11.5 Å². The SMILES string of the molecule is O=C(NC1(c2ccc(S)cc2)c2ccccc2CN1CC1CCCCC1)c1ccccc1. The van der Waals surface area contributed by atoms with E-state index in [0.717, 1.165) is 23.5 Å². The first-order chi connectivity index (χ1) is 15.7. The second-order valence-corrected chi connectivity index (χ2v) is 9.64. The molecule has 2 aliphatic rings. The standard InChI is InChI=1S/C28H30N2OS/c31-27(22-11-5-2-6-12-22)29-28(24-15-17-25(32)18-16-24)26-14-8-7-13-23(26)20-30(28)19-21-9-3-1-4-10-21/h2,5-8,11-18,21,32H,1,3-4,9-10,19-20H2,(H,29,31). The zero-order chi connectivity index (χ0) is 22.0. The minimum Gasteiger partial charge on any atom is -0.326 e. The summed E-state index contributed by atoms with van der Waals surface area (Å²) in [6.07, 6.45) is 6.50. The van der Waals surface area contributed by atoms with Gasteiger partial charge in [0.2, 0.25) is 0 Å². The molecule has 1 heterocycles. The summed E-state index contributed by atoms with van der Waals surface area (Å²) in [6.45, 7) is 1.82. The number of carbonyl (C=O) groups excluding carboxylic acids is 1. The zero-order valence-corrected chi connectivity index (χ0v) is 19.2. The van der Waals surface area contributed by atoms with Crippen molar-refractivity contribution >= 4 is 18.5 Å². The van der Waals surface area contributed by atoms with Crippen LogP contribution in [0, 0.1) is 5.92 Å². The Kier molecular flexibility index (Phi) is 6.07. The average molecular weight is 443 g/mol. The molecule has 0 bridgehead atoms. The lowest BCUT2D eigenvalue weighted by Gasteiger charge is -2.42. The highest BCUT2D eigenvalue weighted by Gasteiger charge is 2.48. The van der Waals surface area contributed by atoms with Crippen molar-refractivity contribution in [2.45, 2.75) is 49.2 Å². The summed E-state index contributed by atoms with van der Waals surface area (Å²) in [5.41, 5.74) is 3.53. The van der Waals surface area contributed by atoms with Crippen molar-refractivity contribution in [1.82, 2.24) is 10.2 Å². The number of rotatable bonds is 5. The van der Waals surface area contributed by atoms with Crippen molar-refractivity contribution in [3.05, 3.63) is 101 Å². The van der Waals surface area contributed by atoms with E-state index < -0.39 is 5.66 Å². The largest absolute Gasteiger partial charge is 0.326 e. The molecular formula is C28H30N2OS. The molecule has 1 atom stereocenters. The molecule has 1 fully saturated rings. The normalized spacial score (nSPS) is 21.3. The number of benzene rings is 3. The molecule has 1 aliphatic carbocycles. The van der Waals surface area contributed by atoms with Gasteiger partial charge in [0.15, 0.2) is 0 Å². The monoisotopic (exact) mass is 442 g/mol. The topological polar surface area (TPSA) is 32.3 Å². The molecule has 3 aromatic rings. The van der Waals surface area contributed by atoms with Crippen molar-refractivity contribution in [1.29, 1.82) is 0 Å². The number of hydrogen-bond donors (Lipinski definition) is 2. The molecule has 0 aromatic heterocycles. The van der Waals surface area contributed by atoms with Gasteiger partial charge in [0.25, 0.3) is 5.91 Å². The minimum absolute atomic E-state index is 0.0501. The van der Waals surface area contributed by atoms with Crippen molar-refractivity contribution in [3.8, 4) is 0 Å². The van der Waals surface area contributed by atoms with Gasteiger partial charge in [0.05, 0.1) is 0 Å². The van der Waals surface area contributed by atoms with Crippen LogP contribution in [0.15, 0.2) is 83.8 Å². The smallest absolute Gasteiger partial charge is 0.253 e. The number of carbonyl (C=O) groups is 1. The Morgan fingerprint density at radius 1 is 0.906 bits per heavy atom. The van der Waals surface area contributed by atoms with Crippen LogP contribution in [0.2, 0.25) is 0 Å². The van der Waals surface area contributed by atoms with Crippen LogP contribution in [-0.2, 0) is 12.2 Å². The Hall–Kier alpha value is -2.56. The van der Waals surface area contributed by atoms with Crippen molar-refractivity contribution in [3.63, 3.8) is 0 Å². The third-order valence-corrected chi connectivity index (χ3v) is 7.36. The molecule has 164 valence electrons. The molecule has 0 saturated heterocycles. The van der Waals surface area contributed by atoms with Crippen molar-refractivity contribution in [2.75, 3.05) is 6.54 Å². The molecule has 0 spiro atoms. The van der Waals surface area contributed by atoms with Crippen molar-refractivity contribution < 1.29 is 4.79 Å². The first-order valence-corrected chi connectivity index (χ1v) is 12.1. The summed E-state index contributed by atoms with van der Waals surface area (Å²) in [5, 5.41) is 3.50. The number of thiol groups is 1. The fraction of sp³-hybridized carbons (Fsp3) is 0.321. The fourth-order valence-electron chi connectivity index (χ4n) is 5.47. The summed E-state index contributed by atoms with van der Waals surface area (Å²) in [7, 11) is 0. The van der Waals surface area contributed by atoms with Crippen LogP contribution in [0.25, 0.3) is 0 Å². The highest BCUT2D eigenvalue weighted by atomic mass is 32.1. The summed E-state index contributed by atoms with van der Waals surface area (Å²) in [6, 6.07) is 26.4. The van der Waals surface area contributed by atoms with Gasteiger partial charge in [-0.15, -0.1) is 12.6 Å². The van der Waals surface area contributed by atoms with Gasteiger partial charge >= 0.3 is 0 Å². The highest BCUT2D eigenvalue weighted by molar-refractivity contribution is 7.80. The molecule has 1 saturated carbocycles. The summed E-state index contributed by atoms with van der Waals surface area (Å²) >= 11 is 4.51. The molecule has 1 unspecified atom stereocenters. The first-order valence-electron chi connectivity index (χ1n) is 11.7. The van der Waals surface area contributed by atoms with Crippen LogP contribution in [-0.4, -0.2) is 17.4 Å². The lowest BCUT2D eigenvalue weighted by molar-refractivity contribution is 0.0584. The van der Waals surface area contributed by atoms with Gasteiger partial charge in [-0.05, 0) is 54.2 Å². The van der Waals surface area contributed by atoms with E-state index in [2.05, 4.69) is 59.2 Å².